The summed E-state index contributed by atoms with van der Waals surface area (Å²) >= 11 is 0. The third-order valence-electron chi connectivity index (χ3n) is 5.17. The van der Waals surface area contributed by atoms with Gasteiger partial charge in [-0.2, -0.15) is 5.10 Å². The average molecular weight is 321 g/mol. The number of ether oxygens (including phenoxy) is 2. The first-order valence-corrected chi connectivity index (χ1v) is 8.58. The van der Waals surface area contributed by atoms with Crippen molar-refractivity contribution in [3.8, 4) is 0 Å². The zero-order chi connectivity index (χ0) is 16.4. The first kappa shape index (κ1) is 16.5. The monoisotopic (exact) mass is 321 g/mol. The molecule has 1 N–H and O–H groups in total. The molecule has 1 amide bonds. The van der Waals surface area contributed by atoms with Gasteiger partial charge in [-0.3, -0.25) is 9.48 Å². The second-order valence-corrected chi connectivity index (χ2v) is 6.65. The van der Waals surface area contributed by atoms with Crippen molar-refractivity contribution in [3.63, 3.8) is 0 Å². The lowest BCUT2D eigenvalue weighted by atomic mass is 9.88. The van der Waals surface area contributed by atoms with Crippen molar-refractivity contribution in [3.05, 3.63) is 17.0 Å². The van der Waals surface area contributed by atoms with E-state index in [-0.39, 0.29) is 11.9 Å². The van der Waals surface area contributed by atoms with Crippen molar-refractivity contribution < 1.29 is 14.3 Å². The van der Waals surface area contributed by atoms with Crippen LogP contribution in [0, 0.1) is 13.8 Å². The van der Waals surface area contributed by atoms with Crippen LogP contribution in [0.2, 0.25) is 0 Å². The lowest BCUT2D eigenvalue weighted by Crippen LogP contribution is -2.55. The van der Waals surface area contributed by atoms with Crippen LogP contribution in [0.1, 0.15) is 49.1 Å². The van der Waals surface area contributed by atoms with Crippen LogP contribution in [0.15, 0.2) is 0 Å². The van der Waals surface area contributed by atoms with Crippen molar-refractivity contribution in [2.24, 2.45) is 7.05 Å². The van der Waals surface area contributed by atoms with Crippen molar-refractivity contribution >= 4 is 5.91 Å². The molecule has 1 saturated heterocycles. The zero-order valence-electron chi connectivity index (χ0n) is 14.4. The normalized spacial score (nSPS) is 23.3. The van der Waals surface area contributed by atoms with Crippen molar-refractivity contribution in [2.75, 3.05) is 13.2 Å². The van der Waals surface area contributed by atoms with Gasteiger partial charge in [-0.1, -0.05) is 6.42 Å². The topological polar surface area (TPSA) is 65.4 Å². The smallest absolute Gasteiger partial charge is 0.220 e. The highest BCUT2D eigenvalue weighted by atomic mass is 16.7. The molecule has 6 heteroatoms. The van der Waals surface area contributed by atoms with E-state index in [2.05, 4.69) is 10.4 Å². The average Bonchev–Trinajstić information content (AvgIpc) is 3.07. The Labute approximate surface area is 137 Å². The van der Waals surface area contributed by atoms with E-state index in [9.17, 15) is 4.79 Å². The summed E-state index contributed by atoms with van der Waals surface area (Å²) in [5, 5.41) is 7.56. The number of nitrogens with zero attached hydrogens (tertiary/aromatic N) is 2. The van der Waals surface area contributed by atoms with Gasteiger partial charge < -0.3 is 14.8 Å². The lowest BCUT2D eigenvalue weighted by Gasteiger charge is -2.39. The van der Waals surface area contributed by atoms with Crippen LogP contribution in [-0.2, 0) is 27.7 Å². The fraction of sp³-hybridized carbons (Fsp3) is 0.765. The predicted molar refractivity (Wildman–Crippen MR) is 86.0 cm³/mol. The molecule has 0 bridgehead atoms. The SMILES string of the molecule is Cc1nn(C)c(C)c1CCC(=O)NC1CCCCC12OCCO2. The molecule has 2 heterocycles. The van der Waals surface area contributed by atoms with Crippen molar-refractivity contribution in [1.29, 1.82) is 0 Å². The molecule has 2 aliphatic rings. The summed E-state index contributed by atoms with van der Waals surface area (Å²) in [6.45, 7) is 5.29. The van der Waals surface area contributed by atoms with Gasteiger partial charge in [0, 0.05) is 25.6 Å². The summed E-state index contributed by atoms with van der Waals surface area (Å²) in [7, 11) is 1.94. The Balaban J connectivity index is 1.58. The molecule has 1 atom stereocenters. The molecule has 1 unspecified atom stereocenters. The lowest BCUT2D eigenvalue weighted by molar-refractivity contribution is -0.196. The van der Waals surface area contributed by atoms with Gasteiger partial charge in [-0.15, -0.1) is 0 Å². The third kappa shape index (κ3) is 3.28. The van der Waals surface area contributed by atoms with Gasteiger partial charge in [0.1, 0.15) is 0 Å². The highest BCUT2D eigenvalue weighted by Gasteiger charge is 2.46. The minimum absolute atomic E-state index is 0.0256. The standard InChI is InChI=1S/C17H27N3O3/c1-12-14(13(2)20(3)19-12)7-8-16(21)18-15-6-4-5-9-17(15)22-10-11-23-17/h15H,4-11H2,1-3H3,(H,18,21). The van der Waals surface area contributed by atoms with Gasteiger partial charge >= 0.3 is 0 Å². The van der Waals surface area contributed by atoms with Gasteiger partial charge in [0.25, 0.3) is 0 Å². The number of aromatic nitrogens is 2. The number of rotatable bonds is 4. The van der Waals surface area contributed by atoms with Crippen LogP contribution in [0.4, 0.5) is 0 Å². The first-order valence-electron chi connectivity index (χ1n) is 8.58. The molecule has 1 spiro atoms. The van der Waals surface area contributed by atoms with Gasteiger partial charge in [-0.25, -0.2) is 0 Å². The quantitative estimate of drug-likeness (QED) is 0.918. The molecule has 1 aliphatic heterocycles. The summed E-state index contributed by atoms with van der Waals surface area (Å²) in [6, 6.07) is -0.0256. The van der Waals surface area contributed by atoms with E-state index >= 15 is 0 Å². The molecule has 1 aromatic rings. The van der Waals surface area contributed by atoms with Crippen LogP contribution in [-0.4, -0.2) is 40.7 Å². The fourth-order valence-electron chi connectivity index (χ4n) is 3.80. The van der Waals surface area contributed by atoms with Crippen LogP contribution < -0.4 is 5.32 Å². The molecule has 3 rings (SSSR count). The number of aryl methyl sites for hydroxylation is 2. The van der Waals surface area contributed by atoms with Gasteiger partial charge in [0.2, 0.25) is 5.91 Å². The first-order chi connectivity index (χ1) is 11.0. The summed E-state index contributed by atoms with van der Waals surface area (Å²) in [5.41, 5.74) is 3.32. The number of nitrogens with one attached hydrogen (secondary N) is 1. The highest BCUT2D eigenvalue weighted by Crippen LogP contribution is 2.36. The molecular formula is C17H27N3O3. The summed E-state index contributed by atoms with van der Waals surface area (Å²) in [5.74, 6) is -0.508. The Bertz CT molecular complexity index is 576. The molecule has 0 aromatic carbocycles. The third-order valence-corrected chi connectivity index (χ3v) is 5.17. The number of carbonyl (C=O) groups excluding carboxylic acids is 1. The second-order valence-electron chi connectivity index (χ2n) is 6.65. The molecule has 2 fully saturated rings. The van der Waals surface area contributed by atoms with Crippen LogP contribution >= 0.6 is 0 Å². The maximum absolute atomic E-state index is 12.4. The Hall–Kier alpha value is -1.40. The van der Waals surface area contributed by atoms with Crippen LogP contribution in [0.5, 0.6) is 0 Å². The molecule has 6 nitrogen and oxygen atoms in total. The predicted octanol–water partition coefficient (Wildman–Crippen LogP) is 1.77. The van der Waals surface area contributed by atoms with Gasteiger partial charge in [0.15, 0.2) is 5.79 Å². The fourth-order valence-corrected chi connectivity index (χ4v) is 3.80. The number of carbonyl (C=O) groups is 1. The Morgan fingerprint density at radius 3 is 2.74 bits per heavy atom. The Morgan fingerprint density at radius 1 is 1.35 bits per heavy atom. The van der Waals surface area contributed by atoms with E-state index in [1.165, 1.54) is 5.56 Å². The van der Waals surface area contributed by atoms with Gasteiger partial charge in [-0.05, 0) is 38.7 Å². The molecular weight excluding hydrogens is 294 g/mol. The largest absolute Gasteiger partial charge is 0.348 e. The summed E-state index contributed by atoms with van der Waals surface area (Å²) < 4.78 is 13.6. The van der Waals surface area contributed by atoms with Crippen molar-refractivity contribution in [2.45, 2.75) is 64.2 Å². The maximum Gasteiger partial charge on any atom is 0.220 e. The Kier molecular flexibility index (Phi) is 4.73. The number of hydrogen-bond acceptors (Lipinski definition) is 4. The van der Waals surface area contributed by atoms with E-state index in [4.69, 9.17) is 9.47 Å². The molecule has 1 saturated carbocycles. The highest BCUT2D eigenvalue weighted by molar-refractivity contribution is 5.76. The number of hydrogen-bond donors (Lipinski definition) is 1. The van der Waals surface area contributed by atoms with E-state index in [0.717, 1.165) is 43.5 Å². The maximum atomic E-state index is 12.4. The van der Waals surface area contributed by atoms with E-state index in [0.29, 0.717) is 19.6 Å². The Morgan fingerprint density at radius 2 is 2.09 bits per heavy atom. The van der Waals surface area contributed by atoms with Crippen LogP contribution in [0.25, 0.3) is 0 Å². The van der Waals surface area contributed by atoms with E-state index in [1.807, 2.05) is 25.6 Å². The molecule has 128 valence electrons. The molecule has 23 heavy (non-hydrogen) atoms. The van der Waals surface area contributed by atoms with Gasteiger partial charge in [0.05, 0.1) is 24.9 Å². The van der Waals surface area contributed by atoms with E-state index < -0.39 is 5.79 Å². The van der Waals surface area contributed by atoms with Crippen LogP contribution in [0.3, 0.4) is 0 Å². The zero-order valence-corrected chi connectivity index (χ0v) is 14.4. The summed E-state index contributed by atoms with van der Waals surface area (Å²) in [4.78, 5) is 12.4. The van der Waals surface area contributed by atoms with E-state index in [1.54, 1.807) is 0 Å². The number of amides is 1. The molecule has 1 aliphatic carbocycles. The minimum atomic E-state index is -0.575. The van der Waals surface area contributed by atoms with Crippen molar-refractivity contribution in [1.82, 2.24) is 15.1 Å². The minimum Gasteiger partial charge on any atom is -0.348 e. The molecule has 1 aromatic heterocycles. The summed E-state index contributed by atoms with van der Waals surface area (Å²) in [6.07, 6.45) is 5.20. The second kappa shape index (κ2) is 6.61. The molecule has 0 radical (unpaired) electrons.